The van der Waals surface area contributed by atoms with Crippen molar-refractivity contribution in [3.05, 3.63) is 71.7 Å². The molecule has 0 aliphatic rings. The van der Waals surface area contributed by atoms with Gasteiger partial charge in [0.1, 0.15) is 5.82 Å². The van der Waals surface area contributed by atoms with E-state index in [9.17, 15) is 4.39 Å². The summed E-state index contributed by atoms with van der Waals surface area (Å²) in [6.07, 6.45) is 0.446. The number of pyridine rings is 1. The average Bonchev–Trinajstić information content (AvgIpc) is 2.43. The second-order valence-corrected chi connectivity index (χ2v) is 4.52. The van der Waals surface area contributed by atoms with Gasteiger partial charge in [-0.3, -0.25) is 4.98 Å². The van der Waals surface area contributed by atoms with Gasteiger partial charge in [0, 0.05) is 23.2 Å². The van der Waals surface area contributed by atoms with Gasteiger partial charge in [-0.05, 0) is 35.9 Å². The van der Waals surface area contributed by atoms with E-state index in [2.05, 4.69) is 4.98 Å². The van der Waals surface area contributed by atoms with Gasteiger partial charge in [-0.1, -0.05) is 24.3 Å². The summed E-state index contributed by atoms with van der Waals surface area (Å²) >= 11 is 0. The Hall–Kier alpha value is -2.42. The van der Waals surface area contributed by atoms with Crippen LogP contribution in [0.5, 0.6) is 0 Å². The third kappa shape index (κ3) is 2.40. The van der Waals surface area contributed by atoms with E-state index < -0.39 is 0 Å². The summed E-state index contributed by atoms with van der Waals surface area (Å²) in [5.74, 6) is -0.246. The highest BCUT2D eigenvalue weighted by atomic mass is 19.1. The van der Waals surface area contributed by atoms with Gasteiger partial charge < -0.3 is 5.73 Å². The molecule has 0 aliphatic heterocycles. The lowest BCUT2D eigenvalue weighted by molar-refractivity contribution is 0.613. The molecule has 0 bridgehead atoms. The molecular formula is C16H13FN2. The predicted molar refractivity (Wildman–Crippen MR) is 75.4 cm³/mol. The van der Waals surface area contributed by atoms with Crippen LogP contribution in [0.3, 0.4) is 0 Å². The van der Waals surface area contributed by atoms with Crippen molar-refractivity contribution in [3.8, 4) is 0 Å². The van der Waals surface area contributed by atoms with E-state index in [1.807, 2.05) is 36.4 Å². The summed E-state index contributed by atoms with van der Waals surface area (Å²) in [5, 5.41) is 1.08. The smallest absolute Gasteiger partial charge is 0.126 e. The summed E-state index contributed by atoms with van der Waals surface area (Å²) in [4.78, 5) is 4.53. The zero-order valence-electron chi connectivity index (χ0n) is 10.3. The van der Waals surface area contributed by atoms with Crippen molar-refractivity contribution < 1.29 is 4.39 Å². The minimum Gasteiger partial charge on any atom is -0.399 e. The van der Waals surface area contributed by atoms with Gasteiger partial charge >= 0.3 is 0 Å². The number of hydrogen-bond acceptors (Lipinski definition) is 2. The third-order valence-corrected chi connectivity index (χ3v) is 3.10. The van der Waals surface area contributed by atoms with Crippen LogP contribution in [0.25, 0.3) is 10.9 Å². The first-order valence-electron chi connectivity index (χ1n) is 6.11. The number of nitrogen functional groups attached to an aromatic ring is 1. The fourth-order valence-corrected chi connectivity index (χ4v) is 2.13. The van der Waals surface area contributed by atoms with Gasteiger partial charge in [0.2, 0.25) is 0 Å². The predicted octanol–water partition coefficient (Wildman–Crippen LogP) is 3.55. The van der Waals surface area contributed by atoms with E-state index in [1.165, 1.54) is 6.07 Å². The number of aromatic nitrogens is 1. The fourth-order valence-electron chi connectivity index (χ4n) is 2.13. The van der Waals surface area contributed by atoms with Gasteiger partial charge in [0.25, 0.3) is 0 Å². The first-order chi connectivity index (χ1) is 9.22. The molecule has 2 aromatic carbocycles. The molecule has 2 N–H and O–H groups in total. The molecule has 0 saturated heterocycles. The number of hydrogen-bond donors (Lipinski definition) is 1. The quantitative estimate of drug-likeness (QED) is 0.708. The molecule has 0 aliphatic carbocycles. The number of halogens is 1. The zero-order valence-corrected chi connectivity index (χ0v) is 10.3. The highest BCUT2D eigenvalue weighted by Crippen LogP contribution is 2.18. The van der Waals surface area contributed by atoms with Crippen molar-refractivity contribution in [2.24, 2.45) is 0 Å². The van der Waals surface area contributed by atoms with Crippen molar-refractivity contribution in [1.82, 2.24) is 4.98 Å². The fraction of sp³-hybridized carbons (Fsp3) is 0.0625. The van der Waals surface area contributed by atoms with Gasteiger partial charge in [0.15, 0.2) is 0 Å². The Morgan fingerprint density at radius 2 is 1.84 bits per heavy atom. The Morgan fingerprint density at radius 1 is 1.00 bits per heavy atom. The summed E-state index contributed by atoms with van der Waals surface area (Å²) in [6.45, 7) is 0. The number of nitrogens with zero attached hydrogens (tertiary/aromatic N) is 1. The largest absolute Gasteiger partial charge is 0.399 e. The number of fused-ring (bicyclic) bond motifs is 1. The molecule has 0 amide bonds. The topological polar surface area (TPSA) is 38.9 Å². The lowest BCUT2D eigenvalue weighted by Gasteiger charge is -2.05. The molecule has 1 aromatic heterocycles. The molecule has 0 unspecified atom stereocenters. The minimum absolute atomic E-state index is 0.246. The number of para-hydroxylation sites is 1. The highest BCUT2D eigenvalue weighted by Gasteiger charge is 2.05. The van der Waals surface area contributed by atoms with E-state index in [4.69, 9.17) is 5.73 Å². The first-order valence-corrected chi connectivity index (χ1v) is 6.11. The average molecular weight is 252 g/mol. The van der Waals surface area contributed by atoms with Crippen LogP contribution < -0.4 is 5.73 Å². The summed E-state index contributed by atoms with van der Waals surface area (Å²) in [5.41, 5.74) is 8.58. The lowest BCUT2D eigenvalue weighted by atomic mass is 10.1. The van der Waals surface area contributed by atoms with E-state index in [0.29, 0.717) is 17.7 Å². The van der Waals surface area contributed by atoms with Gasteiger partial charge in [-0.2, -0.15) is 0 Å². The summed E-state index contributed by atoms with van der Waals surface area (Å²) in [7, 11) is 0. The third-order valence-electron chi connectivity index (χ3n) is 3.10. The van der Waals surface area contributed by atoms with Crippen LogP contribution in [0.15, 0.2) is 54.6 Å². The molecule has 3 rings (SSSR count). The van der Waals surface area contributed by atoms with Crippen molar-refractivity contribution in [3.63, 3.8) is 0 Å². The first kappa shape index (κ1) is 11.7. The van der Waals surface area contributed by atoms with Crippen molar-refractivity contribution in [2.75, 3.05) is 5.73 Å². The van der Waals surface area contributed by atoms with Crippen molar-refractivity contribution in [1.29, 1.82) is 0 Å². The number of rotatable bonds is 2. The van der Waals surface area contributed by atoms with Crippen molar-refractivity contribution >= 4 is 16.6 Å². The Bertz CT molecular complexity index is 738. The van der Waals surface area contributed by atoms with E-state index in [0.717, 1.165) is 16.6 Å². The summed E-state index contributed by atoms with van der Waals surface area (Å²) < 4.78 is 13.7. The van der Waals surface area contributed by atoms with E-state index in [-0.39, 0.29) is 5.82 Å². The molecule has 0 atom stereocenters. The highest BCUT2D eigenvalue weighted by molar-refractivity contribution is 5.78. The van der Waals surface area contributed by atoms with Crippen LogP contribution in [-0.2, 0) is 6.42 Å². The molecule has 0 spiro atoms. The second-order valence-electron chi connectivity index (χ2n) is 4.52. The van der Waals surface area contributed by atoms with E-state index in [1.54, 1.807) is 12.1 Å². The zero-order chi connectivity index (χ0) is 13.2. The number of benzene rings is 2. The Morgan fingerprint density at radius 3 is 2.74 bits per heavy atom. The Balaban J connectivity index is 1.98. The van der Waals surface area contributed by atoms with Gasteiger partial charge in [-0.15, -0.1) is 0 Å². The number of nitrogens with two attached hydrogens (primary N) is 1. The van der Waals surface area contributed by atoms with E-state index >= 15 is 0 Å². The van der Waals surface area contributed by atoms with Gasteiger partial charge in [-0.25, -0.2) is 4.39 Å². The molecule has 94 valence electrons. The maximum absolute atomic E-state index is 13.7. The van der Waals surface area contributed by atoms with Crippen LogP contribution >= 0.6 is 0 Å². The van der Waals surface area contributed by atoms with Crippen LogP contribution in [0.1, 0.15) is 11.3 Å². The summed E-state index contributed by atoms with van der Waals surface area (Å²) in [6, 6.07) is 16.4. The van der Waals surface area contributed by atoms with Crippen molar-refractivity contribution in [2.45, 2.75) is 6.42 Å². The molecule has 19 heavy (non-hydrogen) atoms. The lowest BCUT2D eigenvalue weighted by Crippen LogP contribution is -1.97. The monoisotopic (exact) mass is 252 g/mol. The molecular weight excluding hydrogens is 239 g/mol. The minimum atomic E-state index is -0.246. The molecule has 3 heteroatoms. The molecule has 0 fully saturated rings. The normalized spacial score (nSPS) is 10.8. The van der Waals surface area contributed by atoms with Crippen LogP contribution in [0.2, 0.25) is 0 Å². The Labute approximate surface area is 110 Å². The van der Waals surface area contributed by atoms with Crippen LogP contribution in [-0.4, -0.2) is 4.98 Å². The number of anilines is 1. The van der Waals surface area contributed by atoms with Crippen LogP contribution in [0, 0.1) is 5.82 Å². The molecule has 2 nitrogen and oxygen atoms in total. The Kier molecular flexibility index (Phi) is 2.88. The maximum Gasteiger partial charge on any atom is 0.126 e. The van der Waals surface area contributed by atoms with Crippen LogP contribution in [0.4, 0.5) is 10.1 Å². The maximum atomic E-state index is 13.7. The van der Waals surface area contributed by atoms with Gasteiger partial charge in [0.05, 0.1) is 5.52 Å². The molecule has 1 heterocycles. The SMILES string of the molecule is Nc1ccc(F)c(Cc2ccc3ccccc3n2)c1. The molecule has 3 aromatic rings. The molecule has 0 radical (unpaired) electrons. The molecule has 0 saturated carbocycles. The standard InChI is InChI=1S/C16H13FN2/c17-15-8-6-13(18)9-12(15)10-14-7-5-11-3-1-2-4-16(11)19-14/h1-9H,10,18H2. The second kappa shape index (κ2) is 4.69.